The van der Waals surface area contributed by atoms with E-state index in [-0.39, 0.29) is 36.4 Å². The molecule has 1 aromatic rings. The fourth-order valence-corrected chi connectivity index (χ4v) is 2.18. The monoisotopic (exact) mass is 501 g/mol. The molecule has 0 saturated heterocycles. The molecule has 0 fully saturated rings. The molecule has 0 heterocycles. The predicted octanol–water partition coefficient (Wildman–Crippen LogP) is 2.17. The smallest absolute Gasteiger partial charge is 0.355 e. The molecule has 0 atom stereocenters. The molecule has 0 aliphatic rings. The first-order chi connectivity index (χ1) is 12.1. The molecule has 0 spiro atoms. The summed E-state index contributed by atoms with van der Waals surface area (Å²) in [6, 6.07) is 7.19. The maximum absolute atomic E-state index is 12.3. The Morgan fingerprint density at radius 2 is 1.70 bits per heavy atom. The Morgan fingerprint density at radius 1 is 1.11 bits per heavy atom. The highest BCUT2D eigenvalue weighted by atomic mass is 127. The van der Waals surface area contributed by atoms with Gasteiger partial charge in [0.25, 0.3) is 5.91 Å². The third kappa shape index (κ3) is 10.4. The van der Waals surface area contributed by atoms with Gasteiger partial charge < -0.3 is 15.5 Å². The maximum Gasteiger partial charge on any atom is 0.401 e. The molecule has 154 valence electrons. The number of carbonyl (C=O) groups excluding carboxylic acids is 1. The first kappa shape index (κ1) is 25.4. The van der Waals surface area contributed by atoms with Crippen molar-refractivity contribution in [1.82, 2.24) is 20.4 Å². The minimum atomic E-state index is -4.20. The van der Waals surface area contributed by atoms with E-state index in [0.717, 1.165) is 5.56 Å². The van der Waals surface area contributed by atoms with Crippen molar-refractivity contribution in [3.8, 4) is 0 Å². The second kappa shape index (κ2) is 12.0. The lowest BCUT2D eigenvalue weighted by atomic mass is 10.1. The van der Waals surface area contributed by atoms with Gasteiger partial charge in [-0.05, 0) is 24.7 Å². The van der Waals surface area contributed by atoms with Crippen LogP contribution >= 0.6 is 24.0 Å². The number of amides is 1. The Morgan fingerprint density at radius 3 is 2.19 bits per heavy atom. The molecule has 10 heteroatoms. The summed E-state index contributed by atoms with van der Waals surface area (Å²) in [7, 11) is 6.40. The van der Waals surface area contributed by atoms with Gasteiger partial charge in [0.1, 0.15) is 0 Å². The standard InChI is InChI=1S/C17H26F3N5O.HI/c1-21-16(22-9-10-25(4)12-17(18,19)20)23-11-13-5-7-14(8-6-13)15(26)24(2)3;/h5-8H,9-12H2,1-4H3,(H2,21,22,23);1H. The number of aliphatic imine (C=N–C) groups is 1. The second-order valence-electron chi connectivity index (χ2n) is 6.10. The number of benzene rings is 1. The lowest BCUT2D eigenvalue weighted by Crippen LogP contribution is -2.42. The second-order valence-corrected chi connectivity index (χ2v) is 6.10. The van der Waals surface area contributed by atoms with Crippen LogP contribution in [-0.2, 0) is 6.54 Å². The number of hydrogen-bond donors (Lipinski definition) is 2. The van der Waals surface area contributed by atoms with E-state index in [4.69, 9.17) is 0 Å². The molecule has 0 bridgehead atoms. The van der Waals surface area contributed by atoms with Crippen molar-refractivity contribution < 1.29 is 18.0 Å². The van der Waals surface area contributed by atoms with Crippen molar-refractivity contribution in [3.05, 3.63) is 35.4 Å². The summed E-state index contributed by atoms with van der Waals surface area (Å²) < 4.78 is 36.8. The van der Waals surface area contributed by atoms with Gasteiger partial charge in [0.05, 0.1) is 6.54 Å². The summed E-state index contributed by atoms with van der Waals surface area (Å²) in [5.41, 5.74) is 1.56. The average molecular weight is 501 g/mol. The lowest BCUT2D eigenvalue weighted by molar-refractivity contribution is -0.142. The molecule has 27 heavy (non-hydrogen) atoms. The Hall–Kier alpha value is -1.56. The highest BCUT2D eigenvalue weighted by Gasteiger charge is 2.28. The van der Waals surface area contributed by atoms with Gasteiger partial charge in [-0.15, -0.1) is 24.0 Å². The molecule has 0 aromatic heterocycles. The Labute approximate surface area is 175 Å². The summed E-state index contributed by atoms with van der Waals surface area (Å²) in [4.78, 5) is 18.6. The van der Waals surface area contributed by atoms with Crippen LogP contribution in [0.1, 0.15) is 15.9 Å². The highest BCUT2D eigenvalue weighted by molar-refractivity contribution is 14.0. The SMILES string of the molecule is CN=C(NCCN(C)CC(F)(F)F)NCc1ccc(C(=O)N(C)C)cc1.I. The van der Waals surface area contributed by atoms with Gasteiger partial charge >= 0.3 is 6.18 Å². The van der Waals surface area contributed by atoms with Crippen LogP contribution < -0.4 is 10.6 Å². The van der Waals surface area contributed by atoms with Crippen molar-refractivity contribution in [2.24, 2.45) is 4.99 Å². The van der Waals surface area contributed by atoms with Gasteiger partial charge in [0, 0.05) is 46.3 Å². The molecule has 2 N–H and O–H groups in total. The number of guanidine groups is 1. The van der Waals surface area contributed by atoms with Crippen molar-refractivity contribution >= 4 is 35.8 Å². The number of carbonyl (C=O) groups is 1. The van der Waals surface area contributed by atoms with Gasteiger partial charge in [-0.2, -0.15) is 13.2 Å². The molecule has 1 amide bonds. The average Bonchev–Trinajstić information content (AvgIpc) is 2.56. The molecule has 0 saturated carbocycles. The van der Waals surface area contributed by atoms with E-state index in [2.05, 4.69) is 15.6 Å². The molecular weight excluding hydrogens is 474 g/mol. The zero-order valence-corrected chi connectivity index (χ0v) is 18.3. The number of likely N-dealkylation sites (N-methyl/N-ethyl adjacent to an activating group) is 1. The summed E-state index contributed by atoms with van der Waals surface area (Å²) in [6.45, 7) is 0.108. The van der Waals surface area contributed by atoms with Gasteiger partial charge in [0.2, 0.25) is 0 Å². The molecule has 0 aliphatic heterocycles. The first-order valence-electron chi connectivity index (χ1n) is 8.13. The molecule has 0 unspecified atom stereocenters. The third-order valence-electron chi connectivity index (χ3n) is 3.53. The maximum atomic E-state index is 12.3. The Balaban J connectivity index is 0.00000676. The third-order valence-corrected chi connectivity index (χ3v) is 3.53. The van der Waals surface area contributed by atoms with Crippen LogP contribution in [0, 0.1) is 0 Å². The zero-order chi connectivity index (χ0) is 19.7. The minimum Gasteiger partial charge on any atom is -0.355 e. The largest absolute Gasteiger partial charge is 0.401 e. The molecule has 0 aliphatic carbocycles. The topological polar surface area (TPSA) is 60.0 Å². The fraction of sp³-hybridized carbons (Fsp3) is 0.529. The summed E-state index contributed by atoms with van der Waals surface area (Å²) in [6.07, 6.45) is -4.20. The van der Waals surface area contributed by atoms with E-state index < -0.39 is 12.7 Å². The number of halogens is 4. The van der Waals surface area contributed by atoms with Crippen LogP contribution in [0.2, 0.25) is 0 Å². The van der Waals surface area contributed by atoms with Crippen LogP contribution in [0.15, 0.2) is 29.3 Å². The summed E-state index contributed by atoms with van der Waals surface area (Å²) in [5.74, 6) is 0.434. The summed E-state index contributed by atoms with van der Waals surface area (Å²) >= 11 is 0. The Kier molecular flexibility index (Phi) is 11.3. The number of alkyl halides is 3. The van der Waals surface area contributed by atoms with Crippen molar-refractivity contribution in [2.75, 3.05) is 47.8 Å². The lowest BCUT2D eigenvalue weighted by Gasteiger charge is -2.19. The Bertz CT molecular complexity index is 606. The van der Waals surface area contributed by atoms with E-state index in [1.165, 1.54) is 16.8 Å². The van der Waals surface area contributed by atoms with Crippen molar-refractivity contribution in [2.45, 2.75) is 12.7 Å². The zero-order valence-electron chi connectivity index (χ0n) is 15.9. The fourth-order valence-electron chi connectivity index (χ4n) is 2.18. The van der Waals surface area contributed by atoms with Crippen LogP contribution in [0.4, 0.5) is 13.2 Å². The molecule has 1 rings (SSSR count). The number of rotatable bonds is 7. The van der Waals surface area contributed by atoms with E-state index in [1.54, 1.807) is 33.3 Å². The van der Waals surface area contributed by atoms with Gasteiger partial charge in [-0.1, -0.05) is 12.1 Å². The van der Waals surface area contributed by atoms with Crippen molar-refractivity contribution in [1.29, 1.82) is 0 Å². The number of hydrogen-bond acceptors (Lipinski definition) is 3. The van der Waals surface area contributed by atoms with E-state index in [0.29, 0.717) is 24.6 Å². The quantitative estimate of drug-likeness (QED) is 0.342. The first-order valence-corrected chi connectivity index (χ1v) is 8.13. The van der Waals surface area contributed by atoms with E-state index in [9.17, 15) is 18.0 Å². The van der Waals surface area contributed by atoms with Crippen LogP contribution in [-0.4, -0.2) is 75.7 Å². The highest BCUT2D eigenvalue weighted by Crippen LogP contribution is 2.15. The van der Waals surface area contributed by atoms with Crippen molar-refractivity contribution in [3.63, 3.8) is 0 Å². The number of nitrogens with one attached hydrogen (secondary N) is 2. The normalized spacial score (nSPS) is 11.8. The molecule has 1 aromatic carbocycles. The summed E-state index contributed by atoms with van der Waals surface area (Å²) in [5, 5.41) is 6.05. The van der Waals surface area contributed by atoms with E-state index >= 15 is 0 Å². The molecular formula is C17H27F3IN5O. The number of nitrogens with zero attached hydrogens (tertiary/aromatic N) is 3. The van der Waals surface area contributed by atoms with Crippen LogP contribution in [0.5, 0.6) is 0 Å². The van der Waals surface area contributed by atoms with Gasteiger partial charge in [-0.3, -0.25) is 14.7 Å². The van der Waals surface area contributed by atoms with Gasteiger partial charge in [0.15, 0.2) is 5.96 Å². The van der Waals surface area contributed by atoms with Crippen LogP contribution in [0.3, 0.4) is 0 Å². The van der Waals surface area contributed by atoms with Gasteiger partial charge in [-0.25, -0.2) is 0 Å². The molecule has 6 nitrogen and oxygen atoms in total. The molecule has 0 radical (unpaired) electrons. The predicted molar refractivity (Wildman–Crippen MR) is 112 cm³/mol. The van der Waals surface area contributed by atoms with Crippen LogP contribution in [0.25, 0.3) is 0 Å². The van der Waals surface area contributed by atoms with E-state index in [1.807, 2.05) is 12.1 Å². The minimum absolute atomic E-state index is 0.